The van der Waals surface area contributed by atoms with Crippen molar-refractivity contribution in [3.8, 4) is 0 Å². The summed E-state index contributed by atoms with van der Waals surface area (Å²) in [6.07, 6.45) is -3.49. The number of nitrogens with zero attached hydrogens (tertiary/aromatic N) is 4. The van der Waals surface area contributed by atoms with E-state index >= 15 is 0 Å². The monoisotopic (exact) mass is 303 g/mol. The summed E-state index contributed by atoms with van der Waals surface area (Å²) in [5.74, 6) is -0.270. The van der Waals surface area contributed by atoms with Crippen LogP contribution < -0.4 is 10.2 Å². The number of alkyl halides is 3. The van der Waals surface area contributed by atoms with Gasteiger partial charge in [-0.25, -0.2) is 9.97 Å². The molecule has 0 saturated carbocycles. The van der Waals surface area contributed by atoms with Crippen molar-refractivity contribution in [3.63, 3.8) is 0 Å². The molecule has 1 N–H and O–H groups in total. The van der Waals surface area contributed by atoms with Gasteiger partial charge in [0.15, 0.2) is 0 Å². The molecular weight excluding hydrogens is 287 g/mol. The van der Waals surface area contributed by atoms with E-state index in [-0.39, 0.29) is 18.4 Å². The van der Waals surface area contributed by atoms with Gasteiger partial charge in [-0.15, -0.1) is 0 Å². The molecule has 1 aliphatic heterocycles. The Morgan fingerprint density at radius 3 is 2.71 bits per heavy atom. The van der Waals surface area contributed by atoms with Crippen LogP contribution in [0.3, 0.4) is 0 Å². The number of likely N-dealkylation sites (N-methyl/N-ethyl adjacent to an activating group) is 1. The minimum absolute atomic E-state index is 0.0543. The van der Waals surface area contributed by atoms with Crippen LogP contribution in [0.15, 0.2) is 12.3 Å². The Morgan fingerprint density at radius 1 is 1.43 bits per heavy atom. The molecule has 1 amide bonds. The van der Waals surface area contributed by atoms with E-state index in [4.69, 9.17) is 0 Å². The van der Waals surface area contributed by atoms with Gasteiger partial charge >= 0.3 is 6.18 Å². The van der Waals surface area contributed by atoms with Crippen molar-refractivity contribution in [1.29, 1.82) is 0 Å². The van der Waals surface area contributed by atoms with Crippen LogP contribution in [0.25, 0.3) is 0 Å². The maximum Gasteiger partial charge on any atom is 0.433 e. The summed E-state index contributed by atoms with van der Waals surface area (Å²) in [5.41, 5.74) is -1.02. The Morgan fingerprint density at radius 2 is 2.10 bits per heavy atom. The molecule has 6 nitrogen and oxygen atoms in total. The molecule has 1 saturated heterocycles. The Kier molecular flexibility index (Phi) is 4.61. The lowest BCUT2D eigenvalue weighted by molar-refractivity contribution is -0.141. The van der Waals surface area contributed by atoms with Crippen LogP contribution >= 0.6 is 0 Å². The van der Waals surface area contributed by atoms with E-state index in [1.54, 1.807) is 4.90 Å². The first kappa shape index (κ1) is 15.5. The molecule has 0 spiro atoms. The first-order valence-corrected chi connectivity index (χ1v) is 6.48. The average molecular weight is 303 g/mol. The highest BCUT2D eigenvalue weighted by molar-refractivity contribution is 5.80. The fourth-order valence-corrected chi connectivity index (χ4v) is 1.98. The molecular formula is C12H16F3N5O. The number of amides is 1. The van der Waals surface area contributed by atoms with Crippen LogP contribution in [0.2, 0.25) is 0 Å². The van der Waals surface area contributed by atoms with E-state index in [0.717, 1.165) is 25.4 Å². The van der Waals surface area contributed by atoms with Gasteiger partial charge in [0.25, 0.3) is 0 Å². The fourth-order valence-electron chi connectivity index (χ4n) is 1.98. The Balaban J connectivity index is 2.02. The summed E-state index contributed by atoms with van der Waals surface area (Å²) in [4.78, 5) is 22.3. The third-order valence-corrected chi connectivity index (χ3v) is 3.12. The van der Waals surface area contributed by atoms with Crippen LogP contribution in [0.1, 0.15) is 5.69 Å². The molecule has 1 aliphatic rings. The number of anilines is 1. The number of piperazine rings is 1. The molecule has 0 aliphatic carbocycles. The van der Waals surface area contributed by atoms with Crippen LogP contribution in [-0.2, 0) is 11.0 Å². The van der Waals surface area contributed by atoms with E-state index in [9.17, 15) is 18.0 Å². The summed E-state index contributed by atoms with van der Waals surface area (Å²) in [6.45, 7) is 2.57. The minimum Gasteiger partial charge on any atom is -0.339 e. The zero-order chi connectivity index (χ0) is 15.5. The van der Waals surface area contributed by atoms with Crippen molar-refractivity contribution in [3.05, 3.63) is 18.0 Å². The van der Waals surface area contributed by atoms with Gasteiger partial charge < -0.3 is 15.1 Å². The molecule has 2 rings (SSSR count). The molecule has 1 aromatic rings. The molecule has 0 radical (unpaired) electrons. The van der Waals surface area contributed by atoms with Gasteiger partial charge in [-0.05, 0) is 6.07 Å². The third-order valence-electron chi connectivity index (χ3n) is 3.12. The average Bonchev–Trinajstić information content (AvgIpc) is 2.47. The van der Waals surface area contributed by atoms with Gasteiger partial charge in [0.1, 0.15) is 5.69 Å². The lowest BCUT2D eigenvalue weighted by atomic mass is 10.3. The van der Waals surface area contributed by atoms with Crippen LogP contribution in [0, 0.1) is 0 Å². The number of carbonyl (C=O) groups is 1. The highest BCUT2D eigenvalue weighted by atomic mass is 19.4. The molecule has 9 heteroatoms. The number of hydrogen-bond donors (Lipinski definition) is 1. The Hall–Kier alpha value is -1.90. The maximum absolute atomic E-state index is 12.6. The molecule has 0 unspecified atom stereocenters. The van der Waals surface area contributed by atoms with Crippen molar-refractivity contribution < 1.29 is 18.0 Å². The SMILES string of the molecule is CN(CC(=O)N1CCNCC1)c1nccc(C(F)(F)F)n1. The topological polar surface area (TPSA) is 61.4 Å². The summed E-state index contributed by atoms with van der Waals surface area (Å²) >= 11 is 0. The normalized spacial score (nSPS) is 15.9. The summed E-state index contributed by atoms with van der Waals surface area (Å²) in [5, 5.41) is 3.12. The fraction of sp³-hybridized carbons (Fsp3) is 0.583. The van der Waals surface area contributed by atoms with E-state index in [2.05, 4.69) is 15.3 Å². The lowest BCUT2D eigenvalue weighted by Crippen LogP contribution is -2.49. The quantitative estimate of drug-likeness (QED) is 0.874. The Bertz CT molecular complexity index is 502. The molecule has 1 aromatic heterocycles. The maximum atomic E-state index is 12.6. The second kappa shape index (κ2) is 6.25. The van der Waals surface area contributed by atoms with E-state index in [0.29, 0.717) is 13.1 Å². The number of hydrogen-bond acceptors (Lipinski definition) is 5. The lowest BCUT2D eigenvalue weighted by Gasteiger charge is -2.29. The van der Waals surface area contributed by atoms with Gasteiger partial charge in [-0.3, -0.25) is 4.79 Å². The summed E-state index contributed by atoms with van der Waals surface area (Å²) in [7, 11) is 1.50. The molecule has 1 fully saturated rings. The predicted octanol–water partition coefficient (Wildman–Crippen LogP) is 0.363. The predicted molar refractivity (Wildman–Crippen MR) is 69.8 cm³/mol. The number of rotatable bonds is 3. The zero-order valence-electron chi connectivity index (χ0n) is 11.5. The van der Waals surface area contributed by atoms with Crippen molar-refractivity contribution in [2.45, 2.75) is 6.18 Å². The molecule has 116 valence electrons. The standard InChI is InChI=1S/C12H16F3N5O/c1-19(8-10(21)20-6-4-16-5-7-20)11-17-3-2-9(18-11)12(13,14)15/h2-3,16H,4-8H2,1H3. The number of halogens is 3. The van der Waals surface area contributed by atoms with Gasteiger partial charge in [0, 0.05) is 39.4 Å². The van der Waals surface area contributed by atoms with E-state index < -0.39 is 11.9 Å². The highest BCUT2D eigenvalue weighted by Gasteiger charge is 2.33. The molecule has 21 heavy (non-hydrogen) atoms. The second-order valence-corrected chi connectivity index (χ2v) is 4.73. The first-order valence-electron chi connectivity index (χ1n) is 6.48. The smallest absolute Gasteiger partial charge is 0.339 e. The zero-order valence-corrected chi connectivity index (χ0v) is 11.5. The Labute approximate surface area is 120 Å². The van der Waals surface area contributed by atoms with Crippen molar-refractivity contribution in [1.82, 2.24) is 20.2 Å². The molecule has 2 heterocycles. The van der Waals surface area contributed by atoms with Gasteiger partial charge in [-0.1, -0.05) is 0 Å². The van der Waals surface area contributed by atoms with Gasteiger partial charge in [0.2, 0.25) is 11.9 Å². The molecule has 0 atom stereocenters. The number of aromatic nitrogens is 2. The van der Waals surface area contributed by atoms with E-state index in [1.165, 1.54) is 11.9 Å². The molecule has 0 bridgehead atoms. The van der Waals surface area contributed by atoms with Crippen molar-refractivity contribution >= 4 is 11.9 Å². The number of nitrogens with one attached hydrogen (secondary N) is 1. The first-order chi connectivity index (χ1) is 9.88. The van der Waals surface area contributed by atoms with Crippen LogP contribution in [-0.4, -0.2) is 60.5 Å². The van der Waals surface area contributed by atoms with Crippen LogP contribution in [0.4, 0.5) is 19.1 Å². The summed E-state index contributed by atoms with van der Waals surface area (Å²) < 4.78 is 37.8. The second-order valence-electron chi connectivity index (χ2n) is 4.73. The minimum atomic E-state index is -4.53. The largest absolute Gasteiger partial charge is 0.433 e. The molecule has 0 aromatic carbocycles. The van der Waals surface area contributed by atoms with Gasteiger partial charge in [-0.2, -0.15) is 13.2 Å². The highest BCUT2D eigenvalue weighted by Crippen LogP contribution is 2.27. The van der Waals surface area contributed by atoms with Crippen LogP contribution in [0.5, 0.6) is 0 Å². The van der Waals surface area contributed by atoms with Crippen molar-refractivity contribution in [2.75, 3.05) is 44.7 Å². The number of carbonyl (C=O) groups excluding carboxylic acids is 1. The third kappa shape index (κ3) is 4.03. The summed E-state index contributed by atoms with van der Waals surface area (Å²) in [6, 6.07) is 0.801. The van der Waals surface area contributed by atoms with E-state index in [1.807, 2.05) is 0 Å². The van der Waals surface area contributed by atoms with Crippen molar-refractivity contribution in [2.24, 2.45) is 0 Å². The van der Waals surface area contributed by atoms with Gasteiger partial charge in [0.05, 0.1) is 6.54 Å².